The predicted octanol–water partition coefficient (Wildman–Crippen LogP) is 3.65. The molecule has 0 saturated heterocycles. The Morgan fingerprint density at radius 2 is 1.74 bits per heavy atom. The number of hydrazone groups is 1. The third kappa shape index (κ3) is 7.92. The molecule has 0 fully saturated rings. The van der Waals surface area contributed by atoms with Crippen LogP contribution < -0.4 is 19.6 Å². The van der Waals surface area contributed by atoms with E-state index in [1.54, 1.807) is 36.4 Å². The fourth-order valence-electron chi connectivity index (χ4n) is 3.49. The van der Waals surface area contributed by atoms with E-state index in [4.69, 9.17) is 14.2 Å². The van der Waals surface area contributed by atoms with E-state index in [0.29, 0.717) is 35.8 Å². The van der Waals surface area contributed by atoms with E-state index in [0.717, 1.165) is 9.87 Å². The Labute approximate surface area is 223 Å². The highest BCUT2D eigenvalue weighted by Crippen LogP contribution is 2.27. The predicted molar refractivity (Wildman–Crippen MR) is 146 cm³/mol. The molecule has 200 valence electrons. The van der Waals surface area contributed by atoms with Gasteiger partial charge in [-0.15, -0.1) is 0 Å². The number of carbonyl (C=O) groups excluding carboxylic acids is 1. The minimum Gasteiger partial charge on any atom is -0.497 e. The Hall–Kier alpha value is -4.15. The lowest BCUT2D eigenvalue weighted by molar-refractivity contribution is -0.121. The first kappa shape index (κ1) is 28.4. The number of nitrogens with one attached hydrogen (secondary N) is 1. The summed E-state index contributed by atoms with van der Waals surface area (Å²) in [7, 11) is -0.941. The molecule has 0 aliphatic rings. The van der Waals surface area contributed by atoms with Crippen LogP contribution in [0.3, 0.4) is 0 Å². The fraction of sp³-hybridized carbons (Fsp3) is 0.214. The van der Waals surface area contributed by atoms with E-state index in [1.165, 1.54) is 32.6 Å². The molecule has 0 heterocycles. The van der Waals surface area contributed by atoms with Gasteiger partial charge in [-0.05, 0) is 60.0 Å². The summed E-state index contributed by atoms with van der Waals surface area (Å²) in [5, 5.41) is 3.98. The third-order valence-electron chi connectivity index (χ3n) is 5.46. The Morgan fingerprint density at radius 3 is 2.39 bits per heavy atom. The average Bonchev–Trinajstić information content (AvgIpc) is 2.94. The number of benzene rings is 3. The van der Waals surface area contributed by atoms with Crippen LogP contribution in [-0.4, -0.2) is 58.8 Å². The molecule has 0 bridgehead atoms. The van der Waals surface area contributed by atoms with Gasteiger partial charge in [0.05, 0.1) is 31.9 Å². The van der Waals surface area contributed by atoms with Crippen LogP contribution in [0.25, 0.3) is 0 Å². The summed E-state index contributed by atoms with van der Waals surface area (Å²) >= 11 is 0. The maximum atomic E-state index is 13.4. The molecular formula is C28H31N3O6S. The van der Waals surface area contributed by atoms with Crippen molar-refractivity contribution >= 4 is 22.1 Å². The zero-order chi connectivity index (χ0) is 27.4. The van der Waals surface area contributed by atoms with Crippen molar-refractivity contribution < 1.29 is 27.4 Å². The molecule has 3 aromatic carbocycles. The number of rotatable bonds is 14. The average molecular weight is 538 g/mol. The van der Waals surface area contributed by atoms with Gasteiger partial charge in [0, 0.05) is 6.54 Å². The largest absolute Gasteiger partial charge is 0.497 e. The van der Waals surface area contributed by atoms with Crippen molar-refractivity contribution in [1.29, 1.82) is 0 Å². The standard InChI is InChI=1S/C28H31N3O6S/c1-4-18-37-26-15-10-23(19-27(26)36-3)20-29-30-28(32)21-31(17-16-22-8-6-5-7-9-22)38(33,34)25-13-11-24(35-2)12-14-25/h4-15,19-20H,1,16-18,21H2,2-3H3,(H,30,32)/b29-20-. The van der Waals surface area contributed by atoms with Gasteiger partial charge in [-0.3, -0.25) is 4.79 Å². The third-order valence-corrected chi connectivity index (χ3v) is 7.32. The quantitative estimate of drug-likeness (QED) is 0.191. The lowest BCUT2D eigenvalue weighted by atomic mass is 10.1. The molecule has 0 aliphatic heterocycles. The maximum Gasteiger partial charge on any atom is 0.255 e. The Kier molecular flexibility index (Phi) is 10.4. The van der Waals surface area contributed by atoms with Crippen LogP contribution in [0, 0.1) is 0 Å². The highest BCUT2D eigenvalue weighted by Gasteiger charge is 2.26. The van der Waals surface area contributed by atoms with Crippen molar-refractivity contribution in [2.45, 2.75) is 11.3 Å². The van der Waals surface area contributed by atoms with Gasteiger partial charge in [0.15, 0.2) is 11.5 Å². The lowest BCUT2D eigenvalue weighted by Crippen LogP contribution is -2.40. The van der Waals surface area contributed by atoms with Crippen LogP contribution in [0.5, 0.6) is 17.2 Å². The van der Waals surface area contributed by atoms with Crippen molar-refractivity contribution in [2.24, 2.45) is 5.10 Å². The minimum atomic E-state index is -3.96. The fourth-order valence-corrected chi connectivity index (χ4v) is 4.88. The molecule has 38 heavy (non-hydrogen) atoms. The molecule has 0 aliphatic carbocycles. The number of hydrogen-bond donors (Lipinski definition) is 1. The van der Waals surface area contributed by atoms with Crippen molar-refractivity contribution in [1.82, 2.24) is 9.73 Å². The van der Waals surface area contributed by atoms with Gasteiger partial charge >= 0.3 is 0 Å². The molecule has 3 aromatic rings. The summed E-state index contributed by atoms with van der Waals surface area (Å²) in [4.78, 5) is 12.8. The molecule has 0 aromatic heterocycles. The first-order valence-electron chi connectivity index (χ1n) is 11.8. The Bertz CT molecular complexity index is 1340. The topological polar surface area (TPSA) is 107 Å². The van der Waals surface area contributed by atoms with Crippen LogP contribution in [0.4, 0.5) is 0 Å². The zero-order valence-electron chi connectivity index (χ0n) is 21.4. The number of sulfonamides is 1. The molecule has 1 amide bonds. The normalized spacial score (nSPS) is 11.3. The summed E-state index contributed by atoms with van der Waals surface area (Å²) in [6, 6.07) is 20.7. The minimum absolute atomic E-state index is 0.0634. The van der Waals surface area contributed by atoms with Crippen molar-refractivity contribution in [2.75, 3.05) is 33.9 Å². The van der Waals surface area contributed by atoms with Crippen LogP contribution in [0.2, 0.25) is 0 Å². The van der Waals surface area contributed by atoms with Crippen molar-refractivity contribution in [3.8, 4) is 17.2 Å². The second-order valence-corrected chi connectivity index (χ2v) is 9.99. The zero-order valence-corrected chi connectivity index (χ0v) is 22.2. The highest BCUT2D eigenvalue weighted by molar-refractivity contribution is 7.89. The molecule has 0 atom stereocenters. The van der Waals surface area contributed by atoms with E-state index in [9.17, 15) is 13.2 Å². The van der Waals surface area contributed by atoms with Gasteiger partial charge in [-0.1, -0.05) is 43.0 Å². The van der Waals surface area contributed by atoms with Gasteiger partial charge < -0.3 is 14.2 Å². The number of amides is 1. The number of nitrogens with zero attached hydrogens (tertiary/aromatic N) is 2. The van der Waals surface area contributed by atoms with Crippen molar-refractivity contribution in [3.05, 3.63) is 96.6 Å². The van der Waals surface area contributed by atoms with Gasteiger partial charge in [0.25, 0.3) is 5.91 Å². The van der Waals surface area contributed by atoms with Crippen LogP contribution in [0.15, 0.2) is 95.4 Å². The van der Waals surface area contributed by atoms with Crippen LogP contribution in [-0.2, 0) is 21.2 Å². The molecule has 1 N–H and O–H groups in total. The molecule has 0 radical (unpaired) electrons. The maximum absolute atomic E-state index is 13.4. The summed E-state index contributed by atoms with van der Waals surface area (Å²) in [6.45, 7) is 3.66. The summed E-state index contributed by atoms with van der Waals surface area (Å²) in [6.07, 6.45) is 3.50. The SMILES string of the molecule is C=CCOc1ccc(/C=N\NC(=O)CN(CCc2ccccc2)S(=O)(=O)c2ccc(OC)cc2)cc1OC. The monoisotopic (exact) mass is 537 g/mol. The second-order valence-electron chi connectivity index (χ2n) is 8.05. The number of ether oxygens (including phenoxy) is 3. The number of hydrogen-bond acceptors (Lipinski definition) is 7. The Balaban J connectivity index is 1.72. The summed E-state index contributed by atoms with van der Waals surface area (Å²) in [5.74, 6) is 0.999. The smallest absolute Gasteiger partial charge is 0.255 e. The van der Waals surface area contributed by atoms with E-state index < -0.39 is 22.5 Å². The Morgan fingerprint density at radius 1 is 1.00 bits per heavy atom. The van der Waals surface area contributed by atoms with E-state index in [-0.39, 0.29) is 11.4 Å². The van der Waals surface area contributed by atoms with Gasteiger partial charge in [-0.25, -0.2) is 13.8 Å². The van der Waals surface area contributed by atoms with Gasteiger partial charge in [0.2, 0.25) is 10.0 Å². The number of methoxy groups -OCH3 is 2. The van der Waals surface area contributed by atoms with Gasteiger partial charge in [-0.2, -0.15) is 9.41 Å². The molecule has 9 nitrogen and oxygen atoms in total. The van der Waals surface area contributed by atoms with E-state index >= 15 is 0 Å². The van der Waals surface area contributed by atoms with Crippen LogP contribution >= 0.6 is 0 Å². The molecule has 0 saturated carbocycles. The molecule has 0 spiro atoms. The lowest BCUT2D eigenvalue weighted by Gasteiger charge is -2.21. The van der Waals surface area contributed by atoms with E-state index in [2.05, 4.69) is 17.1 Å². The molecule has 3 rings (SSSR count). The molecular weight excluding hydrogens is 506 g/mol. The van der Waals surface area contributed by atoms with Crippen LogP contribution in [0.1, 0.15) is 11.1 Å². The van der Waals surface area contributed by atoms with Crippen molar-refractivity contribution in [3.63, 3.8) is 0 Å². The summed E-state index contributed by atoms with van der Waals surface area (Å²) < 4.78 is 43.9. The second kappa shape index (κ2) is 14.0. The molecule has 10 heteroatoms. The van der Waals surface area contributed by atoms with Gasteiger partial charge in [0.1, 0.15) is 12.4 Å². The first-order chi connectivity index (χ1) is 18.4. The first-order valence-corrected chi connectivity index (χ1v) is 13.2. The highest BCUT2D eigenvalue weighted by atomic mass is 32.2. The molecule has 0 unspecified atom stereocenters. The number of carbonyl (C=O) groups is 1. The van der Waals surface area contributed by atoms with E-state index in [1.807, 2.05) is 30.3 Å². The summed E-state index contributed by atoms with van der Waals surface area (Å²) in [5.41, 5.74) is 4.01.